The van der Waals surface area contributed by atoms with E-state index in [9.17, 15) is 4.79 Å². The van der Waals surface area contributed by atoms with Crippen molar-refractivity contribution in [1.29, 1.82) is 0 Å². The van der Waals surface area contributed by atoms with Crippen molar-refractivity contribution in [2.24, 2.45) is 0 Å². The highest BCUT2D eigenvalue weighted by atomic mass is 35.5. The number of carbonyl (C=O) groups excluding carboxylic acids is 1. The van der Waals surface area contributed by atoms with Crippen molar-refractivity contribution in [2.75, 3.05) is 11.4 Å². The van der Waals surface area contributed by atoms with E-state index in [1.807, 2.05) is 55.1 Å². The fraction of sp³-hybridized carbons (Fsp3) is 0.190. The number of rotatable bonds is 6. The number of hydrogen-bond donors (Lipinski definition) is 1. The summed E-state index contributed by atoms with van der Waals surface area (Å²) >= 11 is 6.11. The number of nitrogens with zero attached hydrogens (tertiary/aromatic N) is 3. The van der Waals surface area contributed by atoms with Crippen molar-refractivity contribution in [1.82, 2.24) is 15.3 Å². The molecule has 0 unspecified atom stereocenters. The maximum absolute atomic E-state index is 12.3. The number of amides is 1. The van der Waals surface area contributed by atoms with Gasteiger partial charge in [0.15, 0.2) is 0 Å². The Labute approximate surface area is 164 Å². The average molecular weight is 381 g/mol. The van der Waals surface area contributed by atoms with Gasteiger partial charge in [-0.15, -0.1) is 0 Å². The standard InChI is InChI=1S/C21H21ClN4O/c1-3-26(18-9-6-7-15(2)11-18)21-24-13-17(14-25-21)20(27)23-12-16-8-4-5-10-19(16)22/h4-11,13-14H,3,12H2,1-2H3,(H,23,27). The molecular formula is C21H21ClN4O. The monoisotopic (exact) mass is 380 g/mol. The maximum atomic E-state index is 12.3. The van der Waals surface area contributed by atoms with Crippen LogP contribution in [0.2, 0.25) is 5.02 Å². The quantitative estimate of drug-likeness (QED) is 0.682. The molecule has 1 N–H and O–H groups in total. The first-order valence-electron chi connectivity index (χ1n) is 8.76. The number of aryl methyl sites for hydroxylation is 1. The predicted molar refractivity (Wildman–Crippen MR) is 109 cm³/mol. The molecule has 2 aromatic carbocycles. The first-order chi connectivity index (χ1) is 13.1. The van der Waals surface area contributed by atoms with Crippen LogP contribution in [0.25, 0.3) is 0 Å². The average Bonchev–Trinajstić information content (AvgIpc) is 2.68. The van der Waals surface area contributed by atoms with E-state index in [1.165, 1.54) is 5.56 Å². The molecular weight excluding hydrogens is 360 g/mol. The van der Waals surface area contributed by atoms with Crippen LogP contribution in [0.1, 0.15) is 28.4 Å². The Morgan fingerprint density at radius 3 is 2.52 bits per heavy atom. The fourth-order valence-corrected chi connectivity index (χ4v) is 2.94. The Bertz CT molecular complexity index is 927. The molecule has 1 amide bonds. The van der Waals surface area contributed by atoms with Crippen LogP contribution in [-0.2, 0) is 6.54 Å². The lowest BCUT2D eigenvalue weighted by Crippen LogP contribution is -2.24. The van der Waals surface area contributed by atoms with Gasteiger partial charge in [-0.1, -0.05) is 41.9 Å². The van der Waals surface area contributed by atoms with Crippen LogP contribution in [-0.4, -0.2) is 22.4 Å². The Morgan fingerprint density at radius 1 is 1.11 bits per heavy atom. The smallest absolute Gasteiger partial charge is 0.254 e. The highest BCUT2D eigenvalue weighted by Crippen LogP contribution is 2.22. The molecule has 6 heteroatoms. The van der Waals surface area contributed by atoms with Crippen molar-refractivity contribution in [3.63, 3.8) is 0 Å². The third kappa shape index (κ3) is 4.63. The van der Waals surface area contributed by atoms with E-state index >= 15 is 0 Å². The summed E-state index contributed by atoms with van der Waals surface area (Å²) in [5, 5.41) is 3.47. The Balaban J connectivity index is 1.70. The minimum absolute atomic E-state index is 0.236. The van der Waals surface area contributed by atoms with Gasteiger partial charge < -0.3 is 10.2 Å². The van der Waals surface area contributed by atoms with Gasteiger partial charge in [-0.25, -0.2) is 9.97 Å². The lowest BCUT2D eigenvalue weighted by atomic mass is 10.2. The van der Waals surface area contributed by atoms with Gasteiger partial charge in [-0.05, 0) is 43.2 Å². The van der Waals surface area contributed by atoms with Gasteiger partial charge in [0.25, 0.3) is 5.91 Å². The normalized spacial score (nSPS) is 10.5. The molecule has 3 aromatic rings. The SMILES string of the molecule is CCN(c1cccc(C)c1)c1ncc(C(=O)NCc2ccccc2Cl)cn1. The molecule has 0 spiro atoms. The molecule has 0 aliphatic rings. The van der Waals surface area contributed by atoms with Gasteiger partial charge in [0.05, 0.1) is 5.56 Å². The van der Waals surface area contributed by atoms with Gasteiger partial charge in [-0.3, -0.25) is 4.79 Å². The third-order valence-electron chi connectivity index (χ3n) is 4.17. The zero-order chi connectivity index (χ0) is 19.2. The number of carbonyl (C=O) groups is 1. The molecule has 3 rings (SSSR count). The van der Waals surface area contributed by atoms with Crippen molar-refractivity contribution in [3.05, 3.63) is 82.6 Å². The Hall–Kier alpha value is -2.92. The number of halogens is 1. The van der Waals surface area contributed by atoms with Crippen LogP contribution in [0, 0.1) is 6.92 Å². The van der Waals surface area contributed by atoms with E-state index in [1.54, 1.807) is 18.5 Å². The lowest BCUT2D eigenvalue weighted by molar-refractivity contribution is 0.0950. The first kappa shape index (κ1) is 18.9. The van der Waals surface area contributed by atoms with Crippen LogP contribution in [0.4, 0.5) is 11.6 Å². The van der Waals surface area contributed by atoms with Crippen LogP contribution in [0.3, 0.4) is 0 Å². The van der Waals surface area contributed by atoms with E-state index in [-0.39, 0.29) is 5.91 Å². The number of anilines is 2. The van der Waals surface area contributed by atoms with E-state index < -0.39 is 0 Å². The van der Waals surface area contributed by atoms with E-state index in [2.05, 4.69) is 21.4 Å². The summed E-state index contributed by atoms with van der Waals surface area (Å²) in [5.74, 6) is 0.325. The number of hydrogen-bond acceptors (Lipinski definition) is 4. The van der Waals surface area contributed by atoms with Gasteiger partial charge in [0.2, 0.25) is 5.95 Å². The van der Waals surface area contributed by atoms with Crippen molar-refractivity contribution in [3.8, 4) is 0 Å². The minimum Gasteiger partial charge on any atom is -0.348 e. The van der Waals surface area contributed by atoms with Crippen LogP contribution >= 0.6 is 11.6 Å². The molecule has 27 heavy (non-hydrogen) atoms. The molecule has 0 aliphatic heterocycles. The summed E-state index contributed by atoms with van der Waals surface area (Å²) in [4.78, 5) is 23.1. The maximum Gasteiger partial charge on any atom is 0.254 e. The summed E-state index contributed by atoms with van der Waals surface area (Å²) in [5.41, 5.74) is 3.46. The number of nitrogens with one attached hydrogen (secondary N) is 1. The van der Waals surface area contributed by atoms with Crippen LogP contribution in [0.15, 0.2) is 60.9 Å². The fourth-order valence-electron chi connectivity index (χ4n) is 2.73. The summed E-state index contributed by atoms with van der Waals surface area (Å²) in [6.07, 6.45) is 3.09. The van der Waals surface area contributed by atoms with Gasteiger partial charge >= 0.3 is 0 Å². The van der Waals surface area contributed by atoms with E-state index in [0.29, 0.717) is 23.1 Å². The zero-order valence-corrected chi connectivity index (χ0v) is 16.1. The second kappa shape index (κ2) is 8.64. The summed E-state index contributed by atoms with van der Waals surface area (Å²) in [6, 6.07) is 15.6. The van der Waals surface area contributed by atoms with Crippen LogP contribution < -0.4 is 10.2 Å². The van der Waals surface area contributed by atoms with Crippen LogP contribution in [0.5, 0.6) is 0 Å². The highest BCUT2D eigenvalue weighted by Gasteiger charge is 2.13. The van der Waals surface area contributed by atoms with Gasteiger partial charge in [0, 0.05) is 36.2 Å². The second-order valence-corrected chi connectivity index (χ2v) is 6.54. The van der Waals surface area contributed by atoms with E-state index in [4.69, 9.17) is 11.6 Å². The number of benzene rings is 2. The summed E-state index contributed by atoms with van der Waals surface area (Å²) < 4.78 is 0. The largest absolute Gasteiger partial charge is 0.348 e. The molecule has 1 heterocycles. The molecule has 0 bridgehead atoms. The topological polar surface area (TPSA) is 58.1 Å². The zero-order valence-electron chi connectivity index (χ0n) is 15.3. The van der Waals surface area contributed by atoms with Gasteiger partial charge in [0.1, 0.15) is 0 Å². The summed E-state index contributed by atoms with van der Waals surface area (Å²) in [7, 11) is 0. The molecule has 0 aliphatic carbocycles. The minimum atomic E-state index is -0.236. The van der Waals surface area contributed by atoms with Gasteiger partial charge in [-0.2, -0.15) is 0 Å². The second-order valence-electron chi connectivity index (χ2n) is 6.13. The molecule has 0 fully saturated rings. The Kier molecular flexibility index (Phi) is 6.04. The molecule has 138 valence electrons. The molecule has 0 saturated carbocycles. The van der Waals surface area contributed by atoms with Crippen molar-refractivity contribution in [2.45, 2.75) is 20.4 Å². The molecule has 1 aromatic heterocycles. The molecule has 0 atom stereocenters. The molecule has 5 nitrogen and oxygen atoms in total. The first-order valence-corrected chi connectivity index (χ1v) is 9.14. The summed E-state index contributed by atoms with van der Waals surface area (Å²) in [6.45, 7) is 5.16. The third-order valence-corrected chi connectivity index (χ3v) is 4.54. The van der Waals surface area contributed by atoms with E-state index in [0.717, 1.165) is 17.8 Å². The Morgan fingerprint density at radius 2 is 1.85 bits per heavy atom. The predicted octanol–water partition coefficient (Wildman–Crippen LogP) is 4.53. The van der Waals surface area contributed by atoms with Crippen molar-refractivity contribution >= 4 is 29.1 Å². The lowest BCUT2D eigenvalue weighted by Gasteiger charge is -2.21. The van der Waals surface area contributed by atoms with Crippen molar-refractivity contribution < 1.29 is 4.79 Å². The molecule has 0 saturated heterocycles. The molecule has 0 radical (unpaired) electrons. The number of aromatic nitrogens is 2. The highest BCUT2D eigenvalue weighted by molar-refractivity contribution is 6.31.